The number of carbonyl (C=O) groups excluding carboxylic acids is 1. The van der Waals surface area contributed by atoms with Crippen LogP contribution < -0.4 is 10.1 Å². The van der Waals surface area contributed by atoms with Crippen molar-refractivity contribution in [2.45, 2.75) is 39.3 Å². The van der Waals surface area contributed by atoms with Crippen LogP contribution in [-0.2, 0) is 17.9 Å². The minimum Gasteiger partial charge on any atom is -0.496 e. The molecule has 1 heterocycles. The van der Waals surface area contributed by atoms with E-state index in [0.29, 0.717) is 13.0 Å². The molecule has 4 nitrogen and oxygen atoms in total. The van der Waals surface area contributed by atoms with Crippen molar-refractivity contribution >= 4 is 5.91 Å². The molecule has 0 aromatic heterocycles. The molecule has 0 unspecified atom stereocenters. The lowest BCUT2D eigenvalue weighted by Crippen LogP contribution is -2.34. The van der Waals surface area contributed by atoms with Gasteiger partial charge in [-0.15, -0.1) is 0 Å². The highest BCUT2D eigenvalue weighted by Crippen LogP contribution is 2.23. The van der Waals surface area contributed by atoms with Crippen molar-refractivity contribution in [3.05, 3.63) is 29.3 Å². The summed E-state index contributed by atoms with van der Waals surface area (Å²) in [7, 11) is 1.68. The first-order valence-corrected chi connectivity index (χ1v) is 7.39. The summed E-state index contributed by atoms with van der Waals surface area (Å²) in [6.45, 7) is 5.41. The van der Waals surface area contributed by atoms with E-state index < -0.39 is 0 Å². The van der Waals surface area contributed by atoms with E-state index in [2.05, 4.69) is 24.4 Å². The molecule has 20 heavy (non-hydrogen) atoms. The molecule has 0 atom stereocenters. The van der Waals surface area contributed by atoms with E-state index in [9.17, 15) is 4.79 Å². The summed E-state index contributed by atoms with van der Waals surface area (Å²) in [5.74, 6) is 1.12. The first-order chi connectivity index (χ1) is 9.74. The van der Waals surface area contributed by atoms with Gasteiger partial charge in [-0.2, -0.15) is 0 Å². The zero-order valence-corrected chi connectivity index (χ0v) is 12.4. The molecule has 1 aromatic rings. The normalized spacial score (nSPS) is 15.5. The van der Waals surface area contributed by atoms with Gasteiger partial charge in [-0.25, -0.2) is 0 Å². The van der Waals surface area contributed by atoms with Gasteiger partial charge in [-0.1, -0.05) is 13.0 Å². The van der Waals surface area contributed by atoms with Gasteiger partial charge in [-0.05, 0) is 37.1 Å². The Hall–Kier alpha value is -1.55. The number of amides is 1. The number of benzene rings is 1. The van der Waals surface area contributed by atoms with Gasteiger partial charge in [0.15, 0.2) is 0 Å². The topological polar surface area (TPSA) is 41.6 Å². The minimum atomic E-state index is 0.260. The second kappa shape index (κ2) is 7.29. The number of methoxy groups -OCH3 is 1. The molecule has 1 aromatic carbocycles. The van der Waals surface area contributed by atoms with Crippen LogP contribution in [-0.4, -0.2) is 31.0 Å². The highest BCUT2D eigenvalue weighted by Gasteiger charge is 2.19. The van der Waals surface area contributed by atoms with Crippen LogP contribution in [0.15, 0.2) is 18.2 Å². The lowest BCUT2D eigenvalue weighted by Gasteiger charge is -2.27. The highest BCUT2D eigenvalue weighted by molar-refractivity contribution is 5.76. The lowest BCUT2D eigenvalue weighted by atomic mass is 10.1. The average Bonchev–Trinajstić information content (AvgIpc) is 2.48. The van der Waals surface area contributed by atoms with Gasteiger partial charge in [0.2, 0.25) is 5.91 Å². The van der Waals surface area contributed by atoms with Crippen LogP contribution >= 0.6 is 0 Å². The van der Waals surface area contributed by atoms with Crippen LogP contribution in [0.1, 0.15) is 37.3 Å². The predicted octanol–water partition coefficient (Wildman–Crippen LogP) is 2.32. The van der Waals surface area contributed by atoms with Crippen molar-refractivity contribution in [3.63, 3.8) is 0 Å². The van der Waals surface area contributed by atoms with Crippen LogP contribution in [0.25, 0.3) is 0 Å². The summed E-state index contributed by atoms with van der Waals surface area (Å²) in [5, 5.41) is 3.32. The van der Waals surface area contributed by atoms with Gasteiger partial charge in [0, 0.05) is 31.6 Å². The van der Waals surface area contributed by atoms with Gasteiger partial charge in [0.1, 0.15) is 5.75 Å². The quantitative estimate of drug-likeness (QED) is 0.867. The van der Waals surface area contributed by atoms with Crippen LogP contribution in [0, 0.1) is 0 Å². The SMILES string of the molecule is CCNCc1ccc(OC)c(CN2CCCCC2=O)c1. The molecule has 2 rings (SSSR count). The number of carbonyl (C=O) groups is 1. The Labute approximate surface area is 121 Å². The number of likely N-dealkylation sites (tertiary alicyclic amines) is 1. The number of piperidine rings is 1. The van der Waals surface area contributed by atoms with Crippen molar-refractivity contribution in [1.82, 2.24) is 10.2 Å². The van der Waals surface area contributed by atoms with Crippen molar-refractivity contribution in [2.24, 2.45) is 0 Å². The van der Waals surface area contributed by atoms with Crippen molar-refractivity contribution in [3.8, 4) is 5.75 Å². The van der Waals surface area contributed by atoms with E-state index in [1.165, 1.54) is 5.56 Å². The fourth-order valence-electron chi connectivity index (χ4n) is 2.57. The van der Waals surface area contributed by atoms with E-state index >= 15 is 0 Å². The van der Waals surface area contributed by atoms with E-state index in [4.69, 9.17) is 4.74 Å². The molecule has 1 aliphatic heterocycles. The first-order valence-electron chi connectivity index (χ1n) is 7.39. The Morgan fingerprint density at radius 1 is 1.35 bits per heavy atom. The highest BCUT2D eigenvalue weighted by atomic mass is 16.5. The third kappa shape index (κ3) is 3.73. The van der Waals surface area contributed by atoms with Crippen LogP contribution in [0.2, 0.25) is 0 Å². The summed E-state index contributed by atoms with van der Waals surface area (Å²) >= 11 is 0. The lowest BCUT2D eigenvalue weighted by molar-refractivity contribution is -0.133. The van der Waals surface area contributed by atoms with E-state index in [0.717, 1.165) is 43.8 Å². The van der Waals surface area contributed by atoms with Crippen LogP contribution in [0.3, 0.4) is 0 Å². The summed E-state index contributed by atoms with van der Waals surface area (Å²) in [4.78, 5) is 13.9. The molecular weight excluding hydrogens is 252 g/mol. The molecule has 0 aliphatic carbocycles. The van der Waals surface area contributed by atoms with Crippen molar-refractivity contribution < 1.29 is 9.53 Å². The zero-order valence-electron chi connectivity index (χ0n) is 12.4. The number of nitrogens with one attached hydrogen (secondary N) is 1. The predicted molar refractivity (Wildman–Crippen MR) is 79.6 cm³/mol. The second-order valence-electron chi connectivity index (χ2n) is 5.20. The smallest absolute Gasteiger partial charge is 0.222 e. The number of ether oxygens (including phenoxy) is 1. The van der Waals surface area contributed by atoms with E-state index in [-0.39, 0.29) is 5.91 Å². The second-order valence-corrected chi connectivity index (χ2v) is 5.20. The molecule has 0 spiro atoms. The minimum absolute atomic E-state index is 0.260. The molecule has 0 bridgehead atoms. The molecule has 4 heteroatoms. The maximum atomic E-state index is 11.9. The monoisotopic (exact) mass is 276 g/mol. The van der Waals surface area contributed by atoms with Gasteiger partial charge in [0.05, 0.1) is 7.11 Å². The van der Waals surface area contributed by atoms with Gasteiger partial charge in [-0.3, -0.25) is 4.79 Å². The maximum Gasteiger partial charge on any atom is 0.222 e. The Morgan fingerprint density at radius 3 is 2.90 bits per heavy atom. The van der Waals surface area contributed by atoms with Crippen molar-refractivity contribution in [1.29, 1.82) is 0 Å². The molecule has 1 saturated heterocycles. The number of hydrogen-bond donors (Lipinski definition) is 1. The van der Waals surface area contributed by atoms with Crippen molar-refractivity contribution in [2.75, 3.05) is 20.2 Å². The molecule has 1 fully saturated rings. The number of hydrogen-bond acceptors (Lipinski definition) is 3. The Balaban J connectivity index is 2.12. The number of nitrogens with zero attached hydrogens (tertiary/aromatic N) is 1. The molecule has 0 saturated carbocycles. The summed E-state index contributed by atoms with van der Waals surface area (Å²) < 4.78 is 5.42. The van der Waals surface area contributed by atoms with Crippen LogP contribution in [0.5, 0.6) is 5.75 Å². The fourth-order valence-corrected chi connectivity index (χ4v) is 2.57. The zero-order chi connectivity index (χ0) is 14.4. The first kappa shape index (κ1) is 14.9. The molecule has 1 aliphatic rings. The largest absolute Gasteiger partial charge is 0.496 e. The third-order valence-corrected chi connectivity index (χ3v) is 3.71. The molecular formula is C16H24N2O2. The third-order valence-electron chi connectivity index (χ3n) is 3.71. The number of rotatable bonds is 6. The summed E-state index contributed by atoms with van der Waals surface area (Å²) in [5.41, 5.74) is 2.32. The molecule has 0 radical (unpaired) electrons. The Morgan fingerprint density at radius 2 is 2.20 bits per heavy atom. The Kier molecular flexibility index (Phi) is 5.41. The van der Waals surface area contributed by atoms with E-state index in [1.807, 2.05) is 11.0 Å². The van der Waals surface area contributed by atoms with Gasteiger partial charge < -0.3 is 15.0 Å². The van der Waals surface area contributed by atoms with Crippen LogP contribution in [0.4, 0.5) is 0 Å². The summed E-state index contributed by atoms with van der Waals surface area (Å²) in [6, 6.07) is 6.21. The van der Waals surface area contributed by atoms with Gasteiger partial charge in [0.25, 0.3) is 0 Å². The van der Waals surface area contributed by atoms with E-state index in [1.54, 1.807) is 7.11 Å². The Bertz CT molecular complexity index is 460. The molecule has 110 valence electrons. The maximum absolute atomic E-state index is 11.9. The standard InChI is InChI=1S/C16H24N2O2/c1-3-17-11-13-7-8-15(20-2)14(10-13)12-18-9-5-4-6-16(18)19/h7-8,10,17H,3-6,9,11-12H2,1-2H3. The van der Waals surface area contributed by atoms with Gasteiger partial charge >= 0.3 is 0 Å². The summed E-state index contributed by atoms with van der Waals surface area (Å²) in [6.07, 6.45) is 2.80. The fraction of sp³-hybridized carbons (Fsp3) is 0.562. The molecule has 1 N–H and O–H groups in total. The molecule has 1 amide bonds. The average molecular weight is 276 g/mol.